The maximum Gasteiger partial charge on any atom is 0.178 e. The third kappa shape index (κ3) is 4.56. The first-order valence-corrected chi connectivity index (χ1v) is 11.1. The molecular weight excluding hydrogens is 396 g/mol. The SMILES string of the molecule is Cc1cccc(CCCNCCC(O)c2c(O)cccc2-c2noc3ccsc23)c1. The van der Waals surface area contributed by atoms with Crippen LogP contribution in [0.3, 0.4) is 0 Å². The van der Waals surface area contributed by atoms with Crippen molar-refractivity contribution >= 4 is 21.6 Å². The lowest BCUT2D eigenvalue weighted by Gasteiger charge is -2.16. The maximum atomic E-state index is 10.8. The Morgan fingerprint density at radius 2 is 2.00 bits per heavy atom. The van der Waals surface area contributed by atoms with Gasteiger partial charge in [0.05, 0.1) is 6.10 Å². The van der Waals surface area contributed by atoms with Crippen molar-refractivity contribution in [2.24, 2.45) is 0 Å². The van der Waals surface area contributed by atoms with Crippen molar-refractivity contribution < 1.29 is 14.7 Å². The van der Waals surface area contributed by atoms with E-state index in [1.165, 1.54) is 22.5 Å². The molecule has 0 radical (unpaired) electrons. The van der Waals surface area contributed by atoms with Crippen LogP contribution >= 0.6 is 11.3 Å². The van der Waals surface area contributed by atoms with Crippen LogP contribution in [0.5, 0.6) is 5.75 Å². The summed E-state index contributed by atoms with van der Waals surface area (Å²) in [6.45, 7) is 3.66. The Balaban J connectivity index is 1.35. The van der Waals surface area contributed by atoms with Gasteiger partial charge in [-0.05, 0) is 62.4 Å². The van der Waals surface area contributed by atoms with E-state index in [2.05, 4.69) is 41.7 Å². The second-order valence-corrected chi connectivity index (χ2v) is 8.45. The number of aryl methyl sites for hydroxylation is 2. The summed E-state index contributed by atoms with van der Waals surface area (Å²) >= 11 is 1.54. The average molecular weight is 423 g/mol. The fourth-order valence-electron chi connectivity index (χ4n) is 3.75. The summed E-state index contributed by atoms with van der Waals surface area (Å²) in [7, 11) is 0. The Hall–Kier alpha value is -2.67. The second kappa shape index (κ2) is 9.43. The maximum absolute atomic E-state index is 10.8. The van der Waals surface area contributed by atoms with E-state index in [0.29, 0.717) is 35.4 Å². The van der Waals surface area contributed by atoms with Crippen LogP contribution in [-0.2, 0) is 6.42 Å². The number of phenols is 1. The van der Waals surface area contributed by atoms with Gasteiger partial charge in [0, 0.05) is 11.1 Å². The second-order valence-electron chi connectivity index (χ2n) is 7.53. The molecule has 0 spiro atoms. The fourth-order valence-corrected chi connectivity index (χ4v) is 4.56. The molecule has 0 aliphatic rings. The minimum atomic E-state index is -0.794. The average Bonchev–Trinajstić information content (AvgIpc) is 3.34. The van der Waals surface area contributed by atoms with Gasteiger partial charge in [0.25, 0.3) is 0 Å². The van der Waals surface area contributed by atoms with Crippen LogP contribution < -0.4 is 5.32 Å². The number of benzene rings is 2. The number of aromatic nitrogens is 1. The van der Waals surface area contributed by atoms with Gasteiger partial charge in [0.15, 0.2) is 5.58 Å². The number of aliphatic hydroxyl groups excluding tert-OH is 1. The molecule has 5 nitrogen and oxygen atoms in total. The molecular formula is C24H26N2O3S. The molecule has 0 aliphatic heterocycles. The van der Waals surface area contributed by atoms with Gasteiger partial charge >= 0.3 is 0 Å². The molecule has 0 amide bonds. The van der Waals surface area contributed by atoms with Crippen LogP contribution in [-0.4, -0.2) is 28.5 Å². The number of hydrogen-bond acceptors (Lipinski definition) is 6. The lowest BCUT2D eigenvalue weighted by Crippen LogP contribution is -2.19. The molecule has 1 atom stereocenters. The number of hydrogen-bond donors (Lipinski definition) is 3. The molecule has 2 aromatic carbocycles. The van der Waals surface area contributed by atoms with Crippen LogP contribution in [0.25, 0.3) is 21.5 Å². The summed E-state index contributed by atoms with van der Waals surface area (Å²) in [5, 5.41) is 30.8. The van der Waals surface area contributed by atoms with Crippen LogP contribution in [0.1, 0.15) is 35.6 Å². The summed E-state index contributed by atoms with van der Waals surface area (Å²) in [4.78, 5) is 0. The monoisotopic (exact) mass is 422 g/mol. The van der Waals surface area contributed by atoms with Gasteiger partial charge in [-0.1, -0.05) is 47.1 Å². The van der Waals surface area contributed by atoms with Gasteiger partial charge < -0.3 is 20.1 Å². The Morgan fingerprint density at radius 3 is 2.87 bits per heavy atom. The van der Waals surface area contributed by atoms with Gasteiger partial charge in [-0.2, -0.15) is 0 Å². The lowest BCUT2D eigenvalue weighted by molar-refractivity contribution is 0.164. The fraction of sp³-hybridized carbons (Fsp3) is 0.292. The zero-order valence-electron chi connectivity index (χ0n) is 17.0. The summed E-state index contributed by atoms with van der Waals surface area (Å²) in [5.74, 6) is 0.0761. The zero-order valence-corrected chi connectivity index (χ0v) is 17.8. The molecule has 30 heavy (non-hydrogen) atoms. The lowest BCUT2D eigenvalue weighted by atomic mass is 9.96. The minimum Gasteiger partial charge on any atom is -0.508 e. The van der Waals surface area contributed by atoms with E-state index >= 15 is 0 Å². The Kier molecular flexibility index (Phi) is 6.47. The largest absolute Gasteiger partial charge is 0.508 e. The van der Waals surface area contributed by atoms with Crippen molar-refractivity contribution in [1.82, 2.24) is 10.5 Å². The molecule has 1 unspecified atom stereocenters. The highest BCUT2D eigenvalue weighted by molar-refractivity contribution is 7.17. The van der Waals surface area contributed by atoms with Crippen LogP contribution in [0.15, 0.2) is 58.4 Å². The smallest absolute Gasteiger partial charge is 0.178 e. The van der Waals surface area contributed by atoms with Crippen molar-refractivity contribution in [2.45, 2.75) is 32.3 Å². The third-order valence-electron chi connectivity index (χ3n) is 5.25. The molecule has 0 saturated carbocycles. The number of aromatic hydroxyl groups is 1. The summed E-state index contributed by atoms with van der Waals surface area (Å²) in [6.07, 6.45) is 1.78. The first-order valence-electron chi connectivity index (χ1n) is 10.2. The Labute approximate surface area is 180 Å². The van der Waals surface area contributed by atoms with Gasteiger partial charge in [-0.25, -0.2) is 0 Å². The van der Waals surface area contributed by atoms with Crippen molar-refractivity contribution in [3.8, 4) is 17.0 Å². The van der Waals surface area contributed by atoms with E-state index in [9.17, 15) is 10.2 Å². The highest BCUT2D eigenvalue weighted by atomic mass is 32.1. The summed E-state index contributed by atoms with van der Waals surface area (Å²) in [6, 6.07) is 15.7. The number of fused-ring (bicyclic) bond motifs is 1. The highest BCUT2D eigenvalue weighted by Crippen LogP contribution is 2.39. The molecule has 0 saturated heterocycles. The summed E-state index contributed by atoms with van der Waals surface area (Å²) in [5.41, 5.74) is 5.23. The van der Waals surface area contributed by atoms with E-state index in [4.69, 9.17) is 4.52 Å². The number of nitrogens with one attached hydrogen (secondary N) is 1. The van der Waals surface area contributed by atoms with Crippen LogP contribution in [0.2, 0.25) is 0 Å². The number of phenolic OH excluding ortho intramolecular Hbond substituents is 1. The standard InChI is InChI=1S/C24H26N2O3S/c1-16-5-2-6-17(15-16)7-4-12-25-13-10-20(28)22-18(8-3-9-19(22)27)23-24-21(29-26-23)11-14-30-24/h2-3,5-6,8-9,11,14-15,20,25,27-28H,4,7,10,12-13H2,1H3. The molecule has 0 fully saturated rings. The number of rotatable bonds is 9. The zero-order chi connectivity index (χ0) is 20.9. The molecule has 156 valence electrons. The molecule has 4 rings (SSSR count). The molecule has 6 heteroatoms. The quantitative estimate of drug-likeness (QED) is 0.323. The van der Waals surface area contributed by atoms with Gasteiger partial charge in [0.1, 0.15) is 16.1 Å². The van der Waals surface area contributed by atoms with Crippen LogP contribution in [0.4, 0.5) is 0 Å². The van der Waals surface area contributed by atoms with Gasteiger partial charge in [0.2, 0.25) is 0 Å². The number of aliphatic hydroxyl groups is 1. The first-order chi connectivity index (χ1) is 14.6. The van der Waals surface area contributed by atoms with Crippen molar-refractivity contribution in [3.05, 3.63) is 70.6 Å². The van der Waals surface area contributed by atoms with Crippen LogP contribution in [0, 0.1) is 6.92 Å². The van der Waals surface area contributed by atoms with E-state index in [1.54, 1.807) is 12.1 Å². The van der Waals surface area contributed by atoms with Crippen molar-refractivity contribution in [3.63, 3.8) is 0 Å². The van der Waals surface area contributed by atoms with E-state index < -0.39 is 6.10 Å². The van der Waals surface area contributed by atoms with Gasteiger partial charge in [-0.3, -0.25) is 0 Å². The highest BCUT2D eigenvalue weighted by Gasteiger charge is 2.22. The first kappa shape index (κ1) is 20.6. The van der Waals surface area contributed by atoms with E-state index in [1.807, 2.05) is 17.5 Å². The van der Waals surface area contributed by atoms with E-state index in [0.717, 1.165) is 24.1 Å². The van der Waals surface area contributed by atoms with Gasteiger partial charge in [-0.15, -0.1) is 11.3 Å². The van der Waals surface area contributed by atoms with E-state index in [-0.39, 0.29) is 5.75 Å². The molecule has 4 aromatic rings. The number of nitrogens with zero attached hydrogens (tertiary/aromatic N) is 1. The summed E-state index contributed by atoms with van der Waals surface area (Å²) < 4.78 is 6.29. The Bertz CT molecular complexity index is 1120. The molecule has 0 aliphatic carbocycles. The molecule has 3 N–H and O–H groups in total. The predicted molar refractivity (Wildman–Crippen MR) is 121 cm³/mol. The molecule has 2 heterocycles. The molecule has 2 aromatic heterocycles. The minimum absolute atomic E-state index is 0.0761. The number of thiophene rings is 1. The Morgan fingerprint density at radius 1 is 1.13 bits per heavy atom. The predicted octanol–water partition coefficient (Wildman–Crippen LogP) is 5.22. The molecule has 0 bridgehead atoms. The normalized spacial score (nSPS) is 12.5. The topological polar surface area (TPSA) is 78.5 Å². The van der Waals surface area contributed by atoms with Crippen molar-refractivity contribution in [1.29, 1.82) is 0 Å². The van der Waals surface area contributed by atoms with Crippen molar-refractivity contribution in [2.75, 3.05) is 13.1 Å². The third-order valence-corrected chi connectivity index (χ3v) is 6.15.